The van der Waals surface area contributed by atoms with Gasteiger partial charge in [-0.05, 0) is 56.4 Å². The maximum absolute atomic E-state index is 9.49. The predicted octanol–water partition coefficient (Wildman–Crippen LogP) is 4.11. The minimum atomic E-state index is -0.256. The second-order valence-electron chi connectivity index (χ2n) is 5.55. The van der Waals surface area contributed by atoms with Crippen molar-refractivity contribution in [2.75, 3.05) is 0 Å². The molecule has 100 valence electrons. The highest BCUT2D eigenvalue weighted by Gasteiger charge is 2.42. The van der Waals surface area contributed by atoms with Crippen molar-refractivity contribution >= 4 is 27.7 Å². The summed E-state index contributed by atoms with van der Waals surface area (Å²) >= 11 is 5.37. The zero-order valence-corrected chi connectivity index (χ0v) is 13.1. The SMILES string of the molecule is N#CC1(NC2CC2)CCC(Sc2ccc(Br)cc2)C1. The number of nitriles is 1. The Labute approximate surface area is 127 Å². The van der Waals surface area contributed by atoms with Gasteiger partial charge in [-0.3, -0.25) is 5.32 Å². The number of nitrogens with one attached hydrogen (secondary N) is 1. The maximum Gasteiger partial charge on any atom is 0.108 e. The van der Waals surface area contributed by atoms with Crippen molar-refractivity contribution in [2.24, 2.45) is 0 Å². The molecular weight excluding hydrogens is 320 g/mol. The third kappa shape index (κ3) is 3.34. The van der Waals surface area contributed by atoms with Crippen LogP contribution in [0.25, 0.3) is 0 Å². The Kier molecular flexibility index (Phi) is 3.88. The molecule has 2 unspecified atom stereocenters. The van der Waals surface area contributed by atoms with Gasteiger partial charge in [0.1, 0.15) is 5.54 Å². The summed E-state index contributed by atoms with van der Waals surface area (Å²) in [5.41, 5.74) is -0.256. The molecule has 1 aromatic rings. The van der Waals surface area contributed by atoms with E-state index in [0.717, 1.165) is 23.7 Å². The van der Waals surface area contributed by atoms with Gasteiger partial charge in [-0.2, -0.15) is 5.26 Å². The van der Waals surface area contributed by atoms with Crippen LogP contribution in [0.2, 0.25) is 0 Å². The molecule has 0 saturated heterocycles. The first-order valence-corrected chi connectivity index (χ1v) is 8.48. The Morgan fingerprint density at radius 1 is 1.26 bits per heavy atom. The number of benzene rings is 1. The van der Waals surface area contributed by atoms with Crippen LogP contribution in [-0.2, 0) is 0 Å². The van der Waals surface area contributed by atoms with Crippen LogP contribution in [0.15, 0.2) is 33.6 Å². The van der Waals surface area contributed by atoms with E-state index < -0.39 is 0 Å². The highest BCUT2D eigenvalue weighted by atomic mass is 79.9. The molecule has 0 aromatic heterocycles. The Morgan fingerprint density at radius 3 is 2.63 bits per heavy atom. The lowest BCUT2D eigenvalue weighted by molar-refractivity contribution is 0.420. The van der Waals surface area contributed by atoms with Gasteiger partial charge in [0.25, 0.3) is 0 Å². The molecule has 1 aromatic carbocycles. The van der Waals surface area contributed by atoms with Crippen molar-refractivity contribution in [3.63, 3.8) is 0 Å². The second-order valence-corrected chi connectivity index (χ2v) is 7.84. The van der Waals surface area contributed by atoms with E-state index in [0.29, 0.717) is 11.3 Å². The summed E-state index contributed by atoms with van der Waals surface area (Å²) in [5.74, 6) is 0. The topological polar surface area (TPSA) is 35.8 Å². The Balaban J connectivity index is 1.61. The summed E-state index contributed by atoms with van der Waals surface area (Å²) < 4.78 is 1.12. The van der Waals surface area contributed by atoms with Crippen molar-refractivity contribution in [1.82, 2.24) is 5.32 Å². The van der Waals surface area contributed by atoms with Crippen molar-refractivity contribution in [1.29, 1.82) is 5.26 Å². The summed E-state index contributed by atoms with van der Waals surface area (Å²) in [7, 11) is 0. The third-order valence-electron chi connectivity index (χ3n) is 3.86. The Bertz CT molecular complexity index is 492. The van der Waals surface area contributed by atoms with Gasteiger partial charge in [0.05, 0.1) is 6.07 Å². The van der Waals surface area contributed by atoms with Gasteiger partial charge in [0.15, 0.2) is 0 Å². The average Bonchev–Trinajstić information content (AvgIpc) is 3.13. The summed E-state index contributed by atoms with van der Waals surface area (Å²) in [6.07, 6.45) is 5.59. The van der Waals surface area contributed by atoms with Crippen molar-refractivity contribution < 1.29 is 0 Å². The van der Waals surface area contributed by atoms with E-state index in [1.165, 1.54) is 17.7 Å². The number of halogens is 1. The molecule has 0 spiro atoms. The van der Waals surface area contributed by atoms with Crippen LogP contribution in [0.5, 0.6) is 0 Å². The zero-order chi connectivity index (χ0) is 13.3. The van der Waals surface area contributed by atoms with Crippen LogP contribution in [-0.4, -0.2) is 16.8 Å². The lowest BCUT2D eigenvalue weighted by Crippen LogP contribution is -2.43. The fourth-order valence-electron chi connectivity index (χ4n) is 2.69. The first-order chi connectivity index (χ1) is 9.19. The molecule has 0 aliphatic heterocycles. The molecule has 2 fully saturated rings. The molecule has 0 radical (unpaired) electrons. The van der Waals surface area contributed by atoms with Gasteiger partial charge in [0.2, 0.25) is 0 Å². The van der Waals surface area contributed by atoms with Crippen LogP contribution in [0.1, 0.15) is 32.1 Å². The van der Waals surface area contributed by atoms with Gasteiger partial charge in [-0.15, -0.1) is 11.8 Å². The first-order valence-electron chi connectivity index (χ1n) is 6.80. The molecule has 0 heterocycles. The van der Waals surface area contributed by atoms with Gasteiger partial charge in [0, 0.05) is 20.7 Å². The number of rotatable bonds is 4. The minimum absolute atomic E-state index is 0.256. The molecule has 1 N–H and O–H groups in total. The van der Waals surface area contributed by atoms with E-state index in [1.54, 1.807) is 0 Å². The molecule has 2 nitrogen and oxygen atoms in total. The predicted molar refractivity (Wildman–Crippen MR) is 82.1 cm³/mol. The van der Waals surface area contributed by atoms with Gasteiger partial charge in [-0.25, -0.2) is 0 Å². The van der Waals surface area contributed by atoms with E-state index >= 15 is 0 Å². The molecule has 0 bridgehead atoms. The first kappa shape index (κ1) is 13.5. The summed E-state index contributed by atoms with van der Waals surface area (Å²) in [6.45, 7) is 0. The molecule has 3 rings (SSSR count). The zero-order valence-electron chi connectivity index (χ0n) is 10.7. The largest absolute Gasteiger partial charge is 0.297 e. The smallest absolute Gasteiger partial charge is 0.108 e. The maximum atomic E-state index is 9.49. The molecule has 2 saturated carbocycles. The van der Waals surface area contributed by atoms with Gasteiger partial charge < -0.3 is 0 Å². The van der Waals surface area contributed by atoms with Gasteiger partial charge in [-0.1, -0.05) is 15.9 Å². The van der Waals surface area contributed by atoms with E-state index in [-0.39, 0.29) is 5.54 Å². The second kappa shape index (κ2) is 5.47. The van der Waals surface area contributed by atoms with E-state index in [9.17, 15) is 5.26 Å². The highest BCUT2D eigenvalue weighted by molar-refractivity contribution is 9.10. The monoisotopic (exact) mass is 336 g/mol. The molecule has 2 aliphatic carbocycles. The van der Waals surface area contributed by atoms with Crippen molar-refractivity contribution in [3.05, 3.63) is 28.7 Å². The lowest BCUT2D eigenvalue weighted by Gasteiger charge is -2.22. The van der Waals surface area contributed by atoms with Crippen LogP contribution >= 0.6 is 27.7 Å². The molecule has 0 amide bonds. The van der Waals surface area contributed by atoms with Crippen LogP contribution < -0.4 is 5.32 Å². The molecule has 2 atom stereocenters. The molecule has 4 heteroatoms. The van der Waals surface area contributed by atoms with Crippen molar-refractivity contribution in [2.45, 2.75) is 53.8 Å². The molecular formula is C15H17BrN2S. The quantitative estimate of drug-likeness (QED) is 0.898. The summed E-state index contributed by atoms with van der Waals surface area (Å²) in [5, 5.41) is 13.6. The normalized spacial score (nSPS) is 30.2. The fourth-order valence-corrected chi connectivity index (χ4v) is 4.24. The summed E-state index contributed by atoms with van der Waals surface area (Å²) in [6, 6.07) is 11.6. The third-order valence-corrected chi connectivity index (χ3v) is 5.67. The average molecular weight is 337 g/mol. The molecule has 2 aliphatic rings. The van der Waals surface area contributed by atoms with Gasteiger partial charge >= 0.3 is 0 Å². The van der Waals surface area contributed by atoms with Crippen LogP contribution in [0.3, 0.4) is 0 Å². The highest BCUT2D eigenvalue weighted by Crippen LogP contribution is 2.41. The van der Waals surface area contributed by atoms with E-state index in [1.807, 2.05) is 11.8 Å². The Hall–Kier alpha value is -0.500. The van der Waals surface area contributed by atoms with Crippen LogP contribution in [0.4, 0.5) is 0 Å². The van der Waals surface area contributed by atoms with Crippen molar-refractivity contribution in [3.8, 4) is 6.07 Å². The number of thioether (sulfide) groups is 1. The number of hydrogen-bond acceptors (Lipinski definition) is 3. The Morgan fingerprint density at radius 2 is 2.00 bits per heavy atom. The fraction of sp³-hybridized carbons (Fsp3) is 0.533. The number of hydrogen-bond donors (Lipinski definition) is 1. The summed E-state index contributed by atoms with van der Waals surface area (Å²) in [4.78, 5) is 1.30. The van der Waals surface area contributed by atoms with E-state index in [4.69, 9.17) is 0 Å². The lowest BCUT2D eigenvalue weighted by atomic mass is 10.00. The van der Waals surface area contributed by atoms with Crippen LogP contribution in [0, 0.1) is 11.3 Å². The minimum Gasteiger partial charge on any atom is -0.297 e. The molecule has 19 heavy (non-hydrogen) atoms. The standard InChI is InChI=1S/C15H17BrN2S/c16-11-1-5-13(6-2-11)19-14-7-8-15(9-14,10-17)18-12-3-4-12/h1-2,5-6,12,14,18H,3-4,7-9H2. The van der Waals surface area contributed by atoms with E-state index in [2.05, 4.69) is 51.6 Å². The number of nitrogens with zero attached hydrogens (tertiary/aromatic N) is 1.